The second kappa shape index (κ2) is 9.84. The number of carbonyl (C=O) groups excluding carboxylic acids is 2. The molecule has 1 aromatic carbocycles. The first-order valence-corrected chi connectivity index (χ1v) is 11.5. The first kappa shape index (κ1) is 26.2. The zero-order valence-electron chi connectivity index (χ0n) is 20.2. The van der Waals surface area contributed by atoms with Crippen molar-refractivity contribution in [2.45, 2.75) is 66.3 Å². The fourth-order valence-electron chi connectivity index (χ4n) is 3.18. The van der Waals surface area contributed by atoms with Gasteiger partial charge in [-0.3, -0.25) is 9.59 Å². The van der Waals surface area contributed by atoms with Gasteiger partial charge in [0.2, 0.25) is 5.91 Å². The SMILES string of the molecule is CC(C)CN(CC(=O)Nc1cc(C(C)(C)C)nn1C(C)(C)C)C(=O)c1ccc(Cl)c(Cl)c1. The molecule has 8 heteroatoms. The van der Waals surface area contributed by atoms with Gasteiger partial charge in [-0.05, 0) is 44.9 Å². The zero-order valence-corrected chi connectivity index (χ0v) is 21.7. The topological polar surface area (TPSA) is 67.2 Å². The molecule has 2 aromatic rings. The molecule has 0 unspecified atom stereocenters. The van der Waals surface area contributed by atoms with E-state index in [1.165, 1.54) is 11.0 Å². The molecule has 1 aromatic heterocycles. The predicted molar refractivity (Wildman–Crippen MR) is 132 cm³/mol. The molecule has 1 heterocycles. The third-order valence-corrected chi connectivity index (χ3v) is 5.49. The van der Waals surface area contributed by atoms with Crippen LogP contribution in [0.1, 0.15) is 71.4 Å². The van der Waals surface area contributed by atoms with E-state index in [-0.39, 0.29) is 35.2 Å². The molecule has 0 atom stereocenters. The maximum atomic E-state index is 13.1. The number of nitrogens with zero attached hydrogens (tertiary/aromatic N) is 3. The van der Waals surface area contributed by atoms with Crippen LogP contribution in [0.15, 0.2) is 24.3 Å². The lowest BCUT2D eigenvalue weighted by atomic mass is 9.92. The number of anilines is 1. The Balaban J connectivity index is 2.28. The van der Waals surface area contributed by atoms with Crippen molar-refractivity contribution in [3.8, 4) is 0 Å². The molecule has 1 N–H and O–H groups in total. The number of aromatic nitrogens is 2. The summed E-state index contributed by atoms with van der Waals surface area (Å²) >= 11 is 12.1. The van der Waals surface area contributed by atoms with E-state index in [9.17, 15) is 9.59 Å². The average Bonchev–Trinajstić information content (AvgIpc) is 3.07. The molecular weight excluding hydrogens is 447 g/mol. The van der Waals surface area contributed by atoms with Crippen molar-refractivity contribution in [1.29, 1.82) is 0 Å². The number of benzene rings is 1. The van der Waals surface area contributed by atoms with Crippen molar-refractivity contribution in [3.63, 3.8) is 0 Å². The van der Waals surface area contributed by atoms with Gasteiger partial charge in [0, 0.05) is 23.6 Å². The number of halogens is 2. The number of hydrogen-bond donors (Lipinski definition) is 1. The van der Waals surface area contributed by atoms with Crippen LogP contribution in [0.2, 0.25) is 10.0 Å². The average molecular weight is 481 g/mol. The molecule has 0 radical (unpaired) electrons. The van der Waals surface area contributed by atoms with Gasteiger partial charge in [0.15, 0.2) is 0 Å². The summed E-state index contributed by atoms with van der Waals surface area (Å²) in [6, 6.07) is 6.63. The van der Waals surface area contributed by atoms with E-state index in [0.717, 1.165) is 5.69 Å². The molecule has 0 bridgehead atoms. The Labute approximate surface area is 201 Å². The van der Waals surface area contributed by atoms with Gasteiger partial charge in [-0.2, -0.15) is 5.10 Å². The van der Waals surface area contributed by atoms with Gasteiger partial charge in [0.1, 0.15) is 12.4 Å². The van der Waals surface area contributed by atoms with Crippen LogP contribution in [0.4, 0.5) is 5.82 Å². The third-order valence-electron chi connectivity index (χ3n) is 4.75. The number of rotatable bonds is 6. The highest BCUT2D eigenvalue weighted by Gasteiger charge is 2.27. The molecule has 0 aliphatic carbocycles. The molecule has 0 fully saturated rings. The molecule has 0 spiro atoms. The lowest BCUT2D eigenvalue weighted by Crippen LogP contribution is -2.40. The van der Waals surface area contributed by atoms with Crippen LogP contribution < -0.4 is 5.32 Å². The van der Waals surface area contributed by atoms with Crippen molar-refractivity contribution < 1.29 is 9.59 Å². The van der Waals surface area contributed by atoms with Gasteiger partial charge in [-0.25, -0.2) is 4.68 Å². The summed E-state index contributed by atoms with van der Waals surface area (Å²) in [5.41, 5.74) is 0.791. The Morgan fingerprint density at radius 2 is 1.69 bits per heavy atom. The van der Waals surface area contributed by atoms with E-state index in [0.29, 0.717) is 28.0 Å². The number of hydrogen-bond acceptors (Lipinski definition) is 3. The Hall–Kier alpha value is -2.05. The van der Waals surface area contributed by atoms with Gasteiger partial charge in [0.05, 0.1) is 21.3 Å². The van der Waals surface area contributed by atoms with Gasteiger partial charge in [-0.15, -0.1) is 0 Å². The minimum absolute atomic E-state index is 0.0859. The lowest BCUT2D eigenvalue weighted by Gasteiger charge is -2.26. The predicted octanol–water partition coefficient (Wildman–Crippen LogP) is 5.98. The lowest BCUT2D eigenvalue weighted by molar-refractivity contribution is -0.117. The molecule has 0 aliphatic rings. The summed E-state index contributed by atoms with van der Waals surface area (Å²) in [7, 11) is 0. The Morgan fingerprint density at radius 1 is 1.06 bits per heavy atom. The second-order valence-corrected chi connectivity index (χ2v) is 11.3. The standard InChI is InChI=1S/C24H34Cl2N4O2/c1-15(2)13-29(22(32)16-9-10-17(25)18(26)11-16)14-21(31)27-20-12-19(23(3,4)5)28-30(20)24(6,7)8/h9-12,15H,13-14H2,1-8H3,(H,27,31). The van der Waals surface area contributed by atoms with Crippen molar-refractivity contribution in [2.24, 2.45) is 5.92 Å². The van der Waals surface area contributed by atoms with E-state index in [1.54, 1.807) is 12.1 Å². The van der Waals surface area contributed by atoms with E-state index in [4.69, 9.17) is 28.3 Å². The highest BCUT2D eigenvalue weighted by molar-refractivity contribution is 6.42. The van der Waals surface area contributed by atoms with Crippen molar-refractivity contribution >= 4 is 40.8 Å². The van der Waals surface area contributed by atoms with Gasteiger partial charge >= 0.3 is 0 Å². The molecule has 0 saturated heterocycles. The van der Waals surface area contributed by atoms with Crippen molar-refractivity contribution in [2.75, 3.05) is 18.4 Å². The first-order valence-electron chi connectivity index (χ1n) is 10.7. The van der Waals surface area contributed by atoms with E-state index in [2.05, 4.69) is 26.1 Å². The summed E-state index contributed by atoms with van der Waals surface area (Å²) in [6.07, 6.45) is 0. The summed E-state index contributed by atoms with van der Waals surface area (Å²) < 4.78 is 1.82. The van der Waals surface area contributed by atoms with E-state index >= 15 is 0 Å². The maximum Gasteiger partial charge on any atom is 0.254 e. The van der Waals surface area contributed by atoms with Crippen molar-refractivity contribution in [3.05, 3.63) is 45.6 Å². The Bertz CT molecular complexity index is 985. The Kier molecular flexibility index (Phi) is 8.05. The van der Waals surface area contributed by atoms with Crippen LogP contribution in [0.25, 0.3) is 0 Å². The van der Waals surface area contributed by atoms with Gasteiger partial charge in [-0.1, -0.05) is 57.8 Å². The first-order chi connectivity index (χ1) is 14.6. The van der Waals surface area contributed by atoms with Crippen LogP contribution in [0, 0.1) is 5.92 Å². The zero-order chi connectivity index (χ0) is 24.4. The monoisotopic (exact) mass is 480 g/mol. The third kappa shape index (κ3) is 6.72. The molecule has 0 aliphatic heterocycles. The van der Waals surface area contributed by atoms with Crippen LogP contribution in [0.3, 0.4) is 0 Å². The summed E-state index contributed by atoms with van der Waals surface area (Å²) in [4.78, 5) is 27.7. The molecular formula is C24H34Cl2N4O2. The quantitative estimate of drug-likeness (QED) is 0.552. The smallest absolute Gasteiger partial charge is 0.254 e. The number of nitrogens with one attached hydrogen (secondary N) is 1. The number of carbonyl (C=O) groups is 2. The highest BCUT2D eigenvalue weighted by atomic mass is 35.5. The molecule has 2 rings (SSSR count). The molecule has 32 heavy (non-hydrogen) atoms. The van der Waals surface area contributed by atoms with Crippen LogP contribution in [-0.4, -0.2) is 39.6 Å². The minimum atomic E-state index is -0.320. The van der Waals surface area contributed by atoms with Crippen LogP contribution in [0.5, 0.6) is 0 Å². The van der Waals surface area contributed by atoms with Crippen molar-refractivity contribution in [1.82, 2.24) is 14.7 Å². The normalized spacial score (nSPS) is 12.2. The summed E-state index contributed by atoms with van der Waals surface area (Å²) in [6.45, 7) is 16.7. The summed E-state index contributed by atoms with van der Waals surface area (Å²) in [5.74, 6) is 0.234. The second-order valence-electron chi connectivity index (χ2n) is 10.5. The van der Waals surface area contributed by atoms with E-state index in [1.807, 2.05) is 45.4 Å². The van der Waals surface area contributed by atoms with Gasteiger partial charge < -0.3 is 10.2 Å². The highest BCUT2D eigenvalue weighted by Crippen LogP contribution is 2.28. The molecule has 6 nitrogen and oxygen atoms in total. The van der Waals surface area contributed by atoms with E-state index < -0.39 is 0 Å². The molecule has 0 saturated carbocycles. The molecule has 176 valence electrons. The van der Waals surface area contributed by atoms with Gasteiger partial charge in [0.25, 0.3) is 5.91 Å². The minimum Gasteiger partial charge on any atom is -0.329 e. The molecule has 2 amide bonds. The number of amides is 2. The largest absolute Gasteiger partial charge is 0.329 e. The van der Waals surface area contributed by atoms with Crippen LogP contribution >= 0.6 is 23.2 Å². The fourth-order valence-corrected chi connectivity index (χ4v) is 3.47. The Morgan fingerprint density at radius 3 is 2.19 bits per heavy atom. The summed E-state index contributed by atoms with van der Waals surface area (Å²) in [5, 5.41) is 8.37. The fraction of sp³-hybridized carbons (Fsp3) is 0.542. The van der Waals surface area contributed by atoms with Crippen LogP contribution in [-0.2, 0) is 15.7 Å². The maximum absolute atomic E-state index is 13.1.